The zero-order valence-corrected chi connectivity index (χ0v) is 34.0. The van der Waals surface area contributed by atoms with Crippen molar-refractivity contribution < 1.29 is 18.7 Å². The Labute approximate surface area is 318 Å². The first-order chi connectivity index (χ1) is 25.1. The first-order valence-corrected chi connectivity index (χ1v) is 24.9. The SMILES string of the molecule is CCP(=O)(CC)SNC(=O)N(Cc1ccccc1)CC(c1ccccc1)C(CN(Cc1ccccc1)C(=O)NSP(=O)(CC)CC)c1ccccc1. The van der Waals surface area contributed by atoms with Crippen molar-refractivity contribution in [3.05, 3.63) is 144 Å². The lowest BCUT2D eigenvalue weighted by molar-refractivity contribution is 0.181. The van der Waals surface area contributed by atoms with Crippen LogP contribution in [-0.4, -0.2) is 59.6 Å². The van der Waals surface area contributed by atoms with Crippen molar-refractivity contribution in [2.45, 2.75) is 52.6 Å². The Balaban J connectivity index is 1.78. The van der Waals surface area contributed by atoms with E-state index in [1.165, 1.54) is 0 Å². The lowest BCUT2D eigenvalue weighted by Crippen LogP contribution is -2.44. The lowest BCUT2D eigenvalue weighted by Gasteiger charge is -2.36. The van der Waals surface area contributed by atoms with Gasteiger partial charge in [0.15, 0.2) is 12.7 Å². The molecule has 52 heavy (non-hydrogen) atoms. The van der Waals surface area contributed by atoms with E-state index in [1.807, 2.05) is 125 Å². The minimum atomic E-state index is -2.62. The molecule has 0 aliphatic rings. The fourth-order valence-electron chi connectivity index (χ4n) is 5.93. The van der Waals surface area contributed by atoms with Crippen LogP contribution < -0.4 is 9.44 Å². The van der Waals surface area contributed by atoms with Gasteiger partial charge in [-0.25, -0.2) is 9.59 Å². The molecule has 0 spiro atoms. The number of carbonyl (C=O) groups is 2. The summed E-state index contributed by atoms with van der Waals surface area (Å²) in [5.74, 6) is -0.494. The van der Waals surface area contributed by atoms with Gasteiger partial charge in [0.2, 0.25) is 0 Å². The second kappa shape index (κ2) is 20.7. The largest absolute Gasteiger partial charge is 0.328 e. The van der Waals surface area contributed by atoms with E-state index in [-0.39, 0.29) is 23.9 Å². The van der Waals surface area contributed by atoms with Gasteiger partial charge < -0.3 is 18.9 Å². The molecule has 0 saturated heterocycles. The molecule has 0 radical (unpaired) electrons. The molecule has 8 nitrogen and oxygen atoms in total. The maximum Gasteiger partial charge on any atom is 0.328 e. The number of nitrogens with zero attached hydrogens (tertiary/aromatic N) is 2. The Bertz CT molecular complexity index is 1620. The Morgan fingerprint density at radius 3 is 1.10 bits per heavy atom. The number of rotatable bonds is 19. The quantitative estimate of drug-likeness (QED) is 0.0726. The minimum absolute atomic E-state index is 0.247. The van der Waals surface area contributed by atoms with Crippen LogP contribution in [0.2, 0.25) is 0 Å². The van der Waals surface area contributed by atoms with E-state index in [0.717, 1.165) is 45.4 Å². The van der Waals surface area contributed by atoms with Crippen LogP contribution in [0, 0.1) is 0 Å². The highest BCUT2D eigenvalue weighted by molar-refractivity contribution is 8.57. The van der Waals surface area contributed by atoms with E-state index < -0.39 is 12.7 Å². The summed E-state index contributed by atoms with van der Waals surface area (Å²) in [7, 11) is 0. The van der Waals surface area contributed by atoms with Crippen molar-refractivity contribution in [3.8, 4) is 0 Å². The number of hydrogen-bond acceptors (Lipinski definition) is 6. The summed E-state index contributed by atoms with van der Waals surface area (Å²) >= 11 is 2.11. The minimum Gasteiger partial charge on any atom is -0.319 e. The van der Waals surface area contributed by atoms with Gasteiger partial charge in [0.05, 0.1) is 0 Å². The fourth-order valence-corrected chi connectivity index (χ4v) is 11.1. The average Bonchev–Trinajstić information content (AvgIpc) is 3.20. The standard InChI is InChI=1S/C40H52N4O4P2S2/c1-5-49(47,6-2)51-41-39(45)43(29-33-21-13-9-14-22-33)31-37(35-25-17-11-18-26-35)38(36-27-19-12-20-28-36)32-44(30-34-23-15-10-16-24-34)40(46)42-52-50(48,7-3)8-4/h9-28,37-38H,5-8,29-32H2,1-4H3,(H,41,45)(H,42,46). The van der Waals surface area contributed by atoms with Crippen molar-refractivity contribution in [1.82, 2.24) is 19.2 Å². The number of benzene rings is 4. The van der Waals surface area contributed by atoms with Crippen LogP contribution in [-0.2, 0) is 22.2 Å². The molecule has 0 heterocycles. The molecule has 4 aromatic rings. The third-order valence-electron chi connectivity index (χ3n) is 9.31. The number of amides is 4. The molecule has 4 aromatic carbocycles. The fraction of sp³-hybridized carbons (Fsp3) is 0.350. The number of urea groups is 2. The molecule has 278 valence electrons. The lowest BCUT2D eigenvalue weighted by atomic mass is 9.80. The Morgan fingerprint density at radius 2 is 0.808 bits per heavy atom. The van der Waals surface area contributed by atoms with E-state index >= 15 is 0 Å². The van der Waals surface area contributed by atoms with Crippen molar-refractivity contribution in [2.75, 3.05) is 37.7 Å². The summed E-state index contributed by atoms with van der Waals surface area (Å²) in [6, 6.07) is 39.3. The molecule has 0 bridgehead atoms. The zero-order valence-electron chi connectivity index (χ0n) is 30.6. The normalized spacial score (nSPS) is 12.8. The monoisotopic (exact) mass is 778 g/mol. The summed E-state index contributed by atoms with van der Waals surface area (Å²) in [4.78, 5) is 31.8. The van der Waals surface area contributed by atoms with Gasteiger partial charge >= 0.3 is 12.1 Å². The van der Waals surface area contributed by atoms with Gasteiger partial charge in [-0.15, -0.1) is 0 Å². The van der Waals surface area contributed by atoms with Crippen molar-refractivity contribution in [2.24, 2.45) is 0 Å². The third kappa shape index (κ3) is 12.3. The van der Waals surface area contributed by atoms with Gasteiger partial charge in [0.25, 0.3) is 0 Å². The van der Waals surface area contributed by atoms with Crippen LogP contribution in [0.4, 0.5) is 9.59 Å². The van der Waals surface area contributed by atoms with Crippen LogP contribution in [0.25, 0.3) is 0 Å². The summed E-state index contributed by atoms with van der Waals surface area (Å²) in [5.41, 5.74) is 3.99. The number of hydrogen-bond donors (Lipinski definition) is 2. The summed E-state index contributed by atoms with van der Waals surface area (Å²) < 4.78 is 32.6. The van der Waals surface area contributed by atoms with Gasteiger partial charge in [0.1, 0.15) is 0 Å². The topological polar surface area (TPSA) is 98.8 Å². The predicted octanol–water partition coefficient (Wildman–Crippen LogP) is 10.9. The highest BCUT2D eigenvalue weighted by atomic mass is 32.7. The molecule has 4 rings (SSSR count). The Hall–Kier alpha value is -3.42. The molecule has 0 aromatic heterocycles. The van der Waals surface area contributed by atoms with E-state index in [9.17, 15) is 18.7 Å². The highest BCUT2D eigenvalue weighted by Gasteiger charge is 2.33. The molecule has 2 N–H and O–H groups in total. The molecule has 0 aliphatic heterocycles. The smallest absolute Gasteiger partial charge is 0.319 e. The van der Waals surface area contributed by atoms with E-state index in [2.05, 4.69) is 33.7 Å². The predicted molar refractivity (Wildman–Crippen MR) is 222 cm³/mol. The van der Waals surface area contributed by atoms with Gasteiger partial charge in [0, 0.05) is 85.8 Å². The molecule has 2 unspecified atom stereocenters. The van der Waals surface area contributed by atoms with E-state index in [1.54, 1.807) is 9.80 Å². The van der Waals surface area contributed by atoms with E-state index in [4.69, 9.17) is 0 Å². The molecular formula is C40H52N4O4P2S2. The molecule has 2 atom stereocenters. The van der Waals surface area contributed by atoms with Crippen LogP contribution >= 0.6 is 35.8 Å². The maximum atomic E-state index is 14.1. The zero-order chi connectivity index (χ0) is 37.4. The van der Waals surface area contributed by atoms with Gasteiger partial charge in [-0.3, -0.25) is 9.44 Å². The van der Waals surface area contributed by atoms with Crippen LogP contribution in [0.3, 0.4) is 0 Å². The second-order valence-electron chi connectivity index (χ2n) is 12.7. The van der Waals surface area contributed by atoms with Crippen LogP contribution in [0.15, 0.2) is 121 Å². The molecule has 12 heteroatoms. The number of nitrogens with one attached hydrogen (secondary N) is 2. The molecule has 0 aliphatic carbocycles. The highest BCUT2D eigenvalue weighted by Crippen LogP contribution is 2.56. The van der Waals surface area contributed by atoms with E-state index in [0.29, 0.717) is 50.8 Å². The second-order valence-corrected chi connectivity index (χ2v) is 24.3. The van der Waals surface area contributed by atoms with Gasteiger partial charge in [-0.2, -0.15) is 0 Å². The first-order valence-electron chi connectivity index (χ1n) is 17.9. The van der Waals surface area contributed by atoms with Gasteiger partial charge in [-0.1, -0.05) is 149 Å². The molecule has 4 amide bonds. The van der Waals surface area contributed by atoms with Crippen LogP contribution in [0.1, 0.15) is 61.8 Å². The third-order valence-corrected chi connectivity index (χ3v) is 20.0. The maximum absolute atomic E-state index is 14.1. The van der Waals surface area contributed by atoms with Crippen molar-refractivity contribution >= 4 is 47.9 Å². The summed E-state index contributed by atoms with van der Waals surface area (Å²) in [5, 5.41) is 0. The molecule has 0 saturated carbocycles. The summed E-state index contributed by atoms with van der Waals surface area (Å²) in [6.45, 7) is 8.89. The van der Waals surface area contributed by atoms with Gasteiger partial charge in [-0.05, 0) is 22.3 Å². The number of carbonyl (C=O) groups excluding carboxylic acids is 2. The van der Waals surface area contributed by atoms with Crippen LogP contribution in [0.5, 0.6) is 0 Å². The Kier molecular flexibility index (Phi) is 16.5. The summed E-state index contributed by atoms with van der Waals surface area (Å²) in [6.07, 6.45) is -3.29. The molecular weight excluding hydrogens is 727 g/mol. The average molecular weight is 779 g/mol. The van der Waals surface area contributed by atoms with Crippen molar-refractivity contribution in [3.63, 3.8) is 0 Å². The first kappa shape index (κ1) is 41.3. The van der Waals surface area contributed by atoms with Crippen molar-refractivity contribution in [1.29, 1.82) is 0 Å². The Morgan fingerprint density at radius 1 is 0.519 bits per heavy atom. The molecule has 0 fully saturated rings.